The second kappa shape index (κ2) is 5.66. The molecule has 1 heterocycles. The Labute approximate surface area is 94.1 Å². The van der Waals surface area contributed by atoms with Crippen LogP contribution in [0, 0.1) is 5.92 Å². The monoisotopic (exact) mass is 227 g/mol. The van der Waals surface area contributed by atoms with Gasteiger partial charge >= 0.3 is 0 Å². The Balaban J connectivity index is 2.43. The summed E-state index contributed by atoms with van der Waals surface area (Å²) >= 11 is 5.56. The number of hydrogen-bond donors (Lipinski definition) is 1. The molecule has 0 aliphatic rings. The second-order valence-electron chi connectivity index (χ2n) is 3.66. The third-order valence-corrected chi connectivity index (χ3v) is 2.06. The van der Waals surface area contributed by atoms with Crippen LogP contribution in [0.25, 0.3) is 0 Å². The van der Waals surface area contributed by atoms with Crippen LogP contribution in [0.15, 0.2) is 12.4 Å². The molecule has 82 valence electrons. The normalized spacial score (nSPS) is 10.4. The van der Waals surface area contributed by atoms with E-state index in [1.807, 2.05) is 0 Å². The summed E-state index contributed by atoms with van der Waals surface area (Å²) in [5.74, 6) is 0.362. The molecule has 0 bridgehead atoms. The topological polar surface area (TPSA) is 54.9 Å². The molecule has 4 nitrogen and oxygen atoms in total. The molecule has 0 aromatic carbocycles. The van der Waals surface area contributed by atoms with Gasteiger partial charge in [-0.2, -0.15) is 0 Å². The lowest BCUT2D eigenvalue weighted by Crippen LogP contribution is -2.26. The van der Waals surface area contributed by atoms with Gasteiger partial charge < -0.3 is 5.32 Å². The molecule has 0 radical (unpaired) electrons. The zero-order valence-corrected chi connectivity index (χ0v) is 9.58. The summed E-state index contributed by atoms with van der Waals surface area (Å²) in [5.41, 5.74) is 0.295. The first-order chi connectivity index (χ1) is 7.09. The number of carbonyl (C=O) groups is 1. The number of nitrogens with one attached hydrogen (secondary N) is 1. The summed E-state index contributed by atoms with van der Waals surface area (Å²) in [6.45, 7) is 4.86. The smallest absolute Gasteiger partial charge is 0.271 e. The molecule has 0 saturated carbocycles. The van der Waals surface area contributed by atoms with Gasteiger partial charge in [-0.25, -0.2) is 9.97 Å². The van der Waals surface area contributed by atoms with E-state index in [-0.39, 0.29) is 11.1 Å². The van der Waals surface area contributed by atoms with E-state index in [0.717, 1.165) is 6.42 Å². The Morgan fingerprint density at radius 1 is 1.47 bits per heavy atom. The fourth-order valence-electron chi connectivity index (χ4n) is 0.994. The Morgan fingerprint density at radius 3 is 2.73 bits per heavy atom. The van der Waals surface area contributed by atoms with Gasteiger partial charge in [0.05, 0.1) is 12.4 Å². The molecule has 0 aliphatic heterocycles. The quantitative estimate of drug-likeness (QED) is 0.855. The van der Waals surface area contributed by atoms with Crippen molar-refractivity contribution in [1.82, 2.24) is 15.3 Å². The molecule has 1 aromatic heterocycles. The highest BCUT2D eigenvalue weighted by atomic mass is 35.5. The summed E-state index contributed by atoms with van der Waals surface area (Å²) < 4.78 is 0. The minimum atomic E-state index is -0.209. The highest BCUT2D eigenvalue weighted by Gasteiger charge is 2.06. The van der Waals surface area contributed by atoms with Crippen LogP contribution in [0.5, 0.6) is 0 Å². The lowest BCUT2D eigenvalue weighted by atomic mass is 10.1. The molecule has 15 heavy (non-hydrogen) atoms. The minimum absolute atomic E-state index is 0.209. The van der Waals surface area contributed by atoms with Crippen molar-refractivity contribution in [3.8, 4) is 0 Å². The molecule has 0 unspecified atom stereocenters. The highest BCUT2D eigenvalue weighted by molar-refractivity contribution is 6.29. The molecule has 0 spiro atoms. The van der Waals surface area contributed by atoms with Crippen molar-refractivity contribution in [3.63, 3.8) is 0 Å². The van der Waals surface area contributed by atoms with Crippen LogP contribution in [0.4, 0.5) is 0 Å². The first kappa shape index (κ1) is 11.9. The number of hydrogen-bond acceptors (Lipinski definition) is 3. The molecule has 0 aliphatic carbocycles. The van der Waals surface area contributed by atoms with Gasteiger partial charge in [0.2, 0.25) is 0 Å². The van der Waals surface area contributed by atoms with Gasteiger partial charge in [-0.05, 0) is 12.3 Å². The molecule has 1 aromatic rings. The number of carbonyl (C=O) groups excluding carboxylic acids is 1. The lowest BCUT2D eigenvalue weighted by Gasteiger charge is -2.06. The van der Waals surface area contributed by atoms with Crippen LogP contribution < -0.4 is 5.32 Å². The minimum Gasteiger partial charge on any atom is -0.351 e. The van der Waals surface area contributed by atoms with Crippen LogP contribution in [-0.2, 0) is 0 Å². The SMILES string of the molecule is CC(C)CCNC(=O)c1cnc(Cl)cn1. The first-order valence-corrected chi connectivity index (χ1v) is 5.23. The number of amides is 1. The van der Waals surface area contributed by atoms with Crippen molar-refractivity contribution in [2.45, 2.75) is 20.3 Å². The second-order valence-corrected chi connectivity index (χ2v) is 4.05. The fraction of sp³-hybridized carbons (Fsp3) is 0.500. The van der Waals surface area contributed by atoms with Gasteiger partial charge in [0, 0.05) is 6.54 Å². The molecule has 1 N–H and O–H groups in total. The zero-order valence-electron chi connectivity index (χ0n) is 8.83. The van der Waals surface area contributed by atoms with E-state index in [4.69, 9.17) is 11.6 Å². The fourth-order valence-corrected chi connectivity index (χ4v) is 1.09. The van der Waals surface area contributed by atoms with E-state index in [2.05, 4.69) is 29.1 Å². The van der Waals surface area contributed by atoms with E-state index in [0.29, 0.717) is 18.2 Å². The predicted octanol–water partition coefficient (Wildman–Crippen LogP) is 1.91. The predicted molar refractivity (Wildman–Crippen MR) is 58.8 cm³/mol. The summed E-state index contributed by atoms with van der Waals surface area (Å²) in [6, 6.07) is 0. The van der Waals surface area contributed by atoms with Gasteiger partial charge in [0.1, 0.15) is 10.8 Å². The van der Waals surface area contributed by atoms with E-state index in [1.165, 1.54) is 12.4 Å². The average Bonchev–Trinajstić information content (AvgIpc) is 2.18. The third-order valence-electron chi connectivity index (χ3n) is 1.86. The molecule has 0 atom stereocenters. The first-order valence-electron chi connectivity index (χ1n) is 4.85. The van der Waals surface area contributed by atoms with Crippen molar-refractivity contribution >= 4 is 17.5 Å². The number of nitrogens with zero attached hydrogens (tertiary/aromatic N) is 2. The summed E-state index contributed by atoms with van der Waals surface area (Å²) in [4.78, 5) is 19.1. The largest absolute Gasteiger partial charge is 0.351 e. The van der Waals surface area contributed by atoms with Gasteiger partial charge in [0.25, 0.3) is 5.91 Å². The van der Waals surface area contributed by atoms with Crippen molar-refractivity contribution in [1.29, 1.82) is 0 Å². The van der Waals surface area contributed by atoms with E-state index in [1.54, 1.807) is 0 Å². The van der Waals surface area contributed by atoms with E-state index in [9.17, 15) is 4.79 Å². The maximum atomic E-state index is 11.5. The molecule has 1 amide bonds. The van der Waals surface area contributed by atoms with E-state index >= 15 is 0 Å². The number of aromatic nitrogens is 2. The Bertz CT molecular complexity index is 324. The van der Waals surface area contributed by atoms with Gasteiger partial charge in [-0.3, -0.25) is 4.79 Å². The molecule has 0 saturated heterocycles. The van der Waals surface area contributed by atoms with Crippen LogP contribution in [0.3, 0.4) is 0 Å². The van der Waals surface area contributed by atoms with Crippen LogP contribution in [-0.4, -0.2) is 22.4 Å². The van der Waals surface area contributed by atoms with Crippen molar-refractivity contribution in [2.75, 3.05) is 6.54 Å². The summed E-state index contributed by atoms with van der Waals surface area (Å²) in [7, 11) is 0. The average molecular weight is 228 g/mol. The van der Waals surface area contributed by atoms with Crippen LogP contribution >= 0.6 is 11.6 Å². The number of rotatable bonds is 4. The summed E-state index contributed by atoms with van der Waals surface area (Å²) in [5, 5.41) is 3.05. The molecular weight excluding hydrogens is 214 g/mol. The maximum Gasteiger partial charge on any atom is 0.271 e. The molecule has 5 heteroatoms. The lowest BCUT2D eigenvalue weighted by molar-refractivity contribution is 0.0946. The van der Waals surface area contributed by atoms with Gasteiger partial charge in [-0.1, -0.05) is 25.4 Å². The van der Waals surface area contributed by atoms with Crippen molar-refractivity contribution in [3.05, 3.63) is 23.2 Å². The van der Waals surface area contributed by atoms with Crippen molar-refractivity contribution in [2.24, 2.45) is 5.92 Å². The molecular formula is C10H14ClN3O. The van der Waals surface area contributed by atoms with Crippen molar-refractivity contribution < 1.29 is 4.79 Å². The summed E-state index contributed by atoms with van der Waals surface area (Å²) in [6.07, 6.45) is 3.68. The number of halogens is 1. The van der Waals surface area contributed by atoms with E-state index < -0.39 is 0 Å². The van der Waals surface area contributed by atoms with Gasteiger partial charge in [-0.15, -0.1) is 0 Å². The maximum absolute atomic E-state index is 11.5. The Kier molecular flexibility index (Phi) is 4.49. The highest BCUT2D eigenvalue weighted by Crippen LogP contribution is 2.01. The molecule has 0 fully saturated rings. The standard InChI is InChI=1S/C10H14ClN3O/c1-7(2)3-4-12-10(15)8-5-14-9(11)6-13-8/h5-7H,3-4H2,1-2H3,(H,12,15). The Morgan fingerprint density at radius 2 is 2.20 bits per heavy atom. The Hall–Kier alpha value is -1.16. The third kappa shape index (κ3) is 4.25. The molecule has 1 rings (SSSR count). The van der Waals surface area contributed by atoms with Crippen LogP contribution in [0.1, 0.15) is 30.8 Å². The zero-order chi connectivity index (χ0) is 11.3. The van der Waals surface area contributed by atoms with Crippen LogP contribution in [0.2, 0.25) is 5.15 Å². The van der Waals surface area contributed by atoms with Gasteiger partial charge in [0.15, 0.2) is 0 Å².